The van der Waals surface area contributed by atoms with E-state index in [1.54, 1.807) is 34.4 Å². The van der Waals surface area contributed by atoms with Crippen LogP contribution in [-0.4, -0.2) is 35.7 Å². The summed E-state index contributed by atoms with van der Waals surface area (Å²) in [5.41, 5.74) is 0. The van der Waals surface area contributed by atoms with Crippen LogP contribution in [-0.2, 0) is 6.42 Å². The van der Waals surface area contributed by atoms with E-state index in [-0.39, 0.29) is 0 Å². The lowest BCUT2D eigenvalue weighted by molar-refractivity contribution is 0.332. The van der Waals surface area contributed by atoms with Gasteiger partial charge in [0, 0.05) is 17.2 Å². The molecule has 0 saturated carbocycles. The molecule has 3 rings (SSSR count). The molecule has 0 atom stereocenters. The summed E-state index contributed by atoms with van der Waals surface area (Å²) in [5, 5.41) is 14.7. The number of ether oxygens (including phenoxy) is 2. The number of hydrogen-bond donors (Lipinski definition) is 1. The lowest BCUT2D eigenvalue weighted by Gasteiger charge is -2.06. The van der Waals surface area contributed by atoms with Gasteiger partial charge in [0.2, 0.25) is 5.13 Å². The van der Waals surface area contributed by atoms with Gasteiger partial charge in [-0.3, -0.25) is 0 Å². The molecule has 8 heteroatoms. The first-order chi connectivity index (χ1) is 12.8. The zero-order valence-electron chi connectivity index (χ0n) is 14.5. The summed E-state index contributed by atoms with van der Waals surface area (Å²) >= 11 is 5.03. The fraction of sp³-hybridized carbons (Fsp3) is 0.333. The van der Waals surface area contributed by atoms with Crippen molar-refractivity contribution in [2.75, 3.05) is 30.8 Å². The maximum absolute atomic E-state index is 5.74. The zero-order chi connectivity index (χ0) is 18.0. The Morgan fingerprint density at radius 2 is 1.88 bits per heavy atom. The molecule has 5 nitrogen and oxygen atoms in total. The van der Waals surface area contributed by atoms with E-state index in [0.717, 1.165) is 39.7 Å². The molecular formula is C18H21N3O2S3. The SMILES string of the molecule is CCOc1ccc(OCCSc2nnc(NCCc3cccs3)s2)cc1. The lowest BCUT2D eigenvalue weighted by atomic mass is 10.3. The number of nitrogens with one attached hydrogen (secondary N) is 1. The van der Waals surface area contributed by atoms with Crippen molar-refractivity contribution in [2.45, 2.75) is 17.7 Å². The zero-order valence-corrected chi connectivity index (χ0v) is 17.0. The Bertz CT molecular complexity index is 760. The van der Waals surface area contributed by atoms with Crippen LogP contribution < -0.4 is 14.8 Å². The van der Waals surface area contributed by atoms with E-state index in [2.05, 4.69) is 33.0 Å². The van der Waals surface area contributed by atoms with Gasteiger partial charge in [0.1, 0.15) is 11.5 Å². The monoisotopic (exact) mass is 407 g/mol. The largest absolute Gasteiger partial charge is 0.494 e. The molecule has 0 bridgehead atoms. The van der Waals surface area contributed by atoms with E-state index in [0.29, 0.717) is 13.2 Å². The van der Waals surface area contributed by atoms with Gasteiger partial charge in [-0.2, -0.15) is 0 Å². The van der Waals surface area contributed by atoms with Crippen LogP contribution in [0.4, 0.5) is 5.13 Å². The van der Waals surface area contributed by atoms with Crippen molar-refractivity contribution in [1.82, 2.24) is 10.2 Å². The molecule has 0 aliphatic rings. The van der Waals surface area contributed by atoms with Gasteiger partial charge in [-0.15, -0.1) is 21.5 Å². The molecule has 0 unspecified atom stereocenters. The molecule has 2 heterocycles. The van der Waals surface area contributed by atoms with Crippen molar-refractivity contribution < 1.29 is 9.47 Å². The smallest absolute Gasteiger partial charge is 0.206 e. The first kappa shape index (κ1) is 19.0. The quantitative estimate of drug-likeness (QED) is 0.363. The van der Waals surface area contributed by atoms with Gasteiger partial charge in [-0.1, -0.05) is 29.2 Å². The average Bonchev–Trinajstić information content (AvgIpc) is 3.33. The van der Waals surface area contributed by atoms with E-state index >= 15 is 0 Å². The van der Waals surface area contributed by atoms with Crippen LogP contribution in [0, 0.1) is 0 Å². The average molecular weight is 408 g/mol. The van der Waals surface area contributed by atoms with E-state index in [1.165, 1.54) is 4.88 Å². The standard InChI is InChI=1S/C18H21N3O2S3/c1-2-22-14-5-7-15(8-6-14)23-11-13-25-18-21-20-17(26-18)19-10-9-16-4-3-12-24-16/h3-8,12H,2,9-11,13H2,1H3,(H,19,20). The van der Waals surface area contributed by atoms with Gasteiger partial charge in [0.05, 0.1) is 13.2 Å². The highest BCUT2D eigenvalue weighted by Gasteiger charge is 2.05. The van der Waals surface area contributed by atoms with Crippen molar-refractivity contribution in [3.8, 4) is 11.5 Å². The molecule has 1 N–H and O–H groups in total. The minimum Gasteiger partial charge on any atom is -0.494 e. The van der Waals surface area contributed by atoms with Crippen molar-refractivity contribution in [3.63, 3.8) is 0 Å². The first-order valence-electron chi connectivity index (χ1n) is 8.41. The van der Waals surface area contributed by atoms with E-state index in [4.69, 9.17) is 9.47 Å². The minimum atomic E-state index is 0.624. The molecule has 0 aliphatic heterocycles. The summed E-state index contributed by atoms with van der Waals surface area (Å²) in [7, 11) is 0. The van der Waals surface area contributed by atoms with E-state index < -0.39 is 0 Å². The van der Waals surface area contributed by atoms with Crippen molar-refractivity contribution in [3.05, 3.63) is 46.7 Å². The summed E-state index contributed by atoms with van der Waals surface area (Å²) in [6.45, 7) is 4.14. The van der Waals surface area contributed by atoms with Crippen LogP contribution in [0.1, 0.15) is 11.8 Å². The number of nitrogens with zero attached hydrogens (tertiary/aromatic N) is 2. The molecule has 1 aromatic carbocycles. The number of thiophene rings is 1. The van der Waals surface area contributed by atoms with Gasteiger partial charge in [-0.25, -0.2) is 0 Å². The molecule has 0 aliphatic carbocycles. The van der Waals surface area contributed by atoms with Gasteiger partial charge in [0.15, 0.2) is 4.34 Å². The Hall–Kier alpha value is -1.77. The molecule has 0 fully saturated rings. The van der Waals surface area contributed by atoms with Crippen LogP contribution in [0.25, 0.3) is 0 Å². The maximum atomic E-state index is 5.74. The second-order valence-corrected chi connectivity index (χ2v) is 8.58. The van der Waals surface area contributed by atoms with Crippen LogP contribution in [0.5, 0.6) is 11.5 Å². The highest BCUT2D eigenvalue weighted by molar-refractivity contribution is 8.01. The molecule has 2 aromatic heterocycles. The van der Waals surface area contributed by atoms with Crippen molar-refractivity contribution in [2.24, 2.45) is 0 Å². The molecule has 0 radical (unpaired) electrons. The topological polar surface area (TPSA) is 56.3 Å². The third-order valence-corrected chi connectivity index (χ3v) is 6.26. The molecule has 26 heavy (non-hydrogen) atoms. The highest BCUT2D eigenvalue weighted by atomic mass is 32.2. The Morgan fingerprint density at radius 1 is 1.08 bits per heavy atom. The lowest BCUT2D eigenvalue weighted by Crippen LogP contribution is -2.03. The third kappa shape index (κ3) is 6.19. The summed E-state index contributed by atoms with van der Waals surface area (Å²) in [6, 6.07) is 11.9. The Kier molecular flexibility index (Phi) is 7.60. The summed E-state index contributed by atoms with van der Waals surface area (Å²) < 4.78 is 12.1. The fourth-order valence-corrected chi connectivity index (χ4v) is 4.55. The van der Waals surface area contributed by atoms with Crippen LogP contribution in [0.2, 0.25) is 0 Å². The van der Waals surface area contributed by atoms with Crippen LogP contribution in [0.15, 0.2) is 46.1 Å². The second-order valence-electron chi connectivity index (χ2n) is 5.23. The van der Waals surface area contributed by atoms with Gasteiger partial charge in [0.25, 0.3) is 0 Å². The predicted octanol–water partition coefficient (Wildman–Crippen LogP) is 4.82. The highest BCUT2D eigenvalue weighted by Crippen LogP contribution is 2.25. The summed E-state index contributed by atoms with van der Waals surface area (Å²) in [6.07, 6.45) is 1.01. The number of aromatic nitrogens is 2. The van der Waals surface area contributed by atoms with E-state index in [1.807, 2.05) is 31.2 Å². The number of benzene rings is 1. The second kappa shape index (κ2) is 10.4. The summed E-state index contributed by atoms with van der Waals surface area (Å²) in [5.74, 6) is 2.54. The Balaban J connectivity index is 1.32. The number of thioether (sulfide) groups is 1. The van der Waals surface area contributed by atoms with E-state index in [9.17, 15) is 0 Å². The minimum absolute atomic E-state index is 0.624. The van der Waals surface area contributed by atoms with Crippen LogP contribution >= 0.6 is 34.4 Å². The maximum Gasteiger partial charge on any atom is 0.206 e. The fourth-order valence-electron chi connectivity index (χ4n) is 2.17. The Morgan fingerprint density at radius 3 is 2.62 bits per heavy atom. The van der Waals surface area contributed by atoms with Gasteiger partial charge >= 0.3 is 0 Å². The number of hydrogen-bond acceptors (Lipinski definition) is 8. The predicted molar refractivity (Wildman–Crippen MR) is 110 cm³/mol. The Labute approximate surface area is 165 Å². The third-order valence-electron chi connectivity index (χ3n) is 3.35. The van der Waals surface area contributed by atoms with Crippen molar-refractivity contribution >= 4 is 39.6 Å². The van der Waals surface area contributed by atoms with Crippen molar-refractivity contribution in [1.29, 1.82) is 0 Å². The first-order valence-corrected chi connectivity index (χ1v) is 11.1. The number of rotatable bonds is 11. The molecule has 3 aromatic rings. The number of anilines is 1. The molecule has 0 spiro atoms. The van der Waals surface area contributed by atoms with Crippen LogP contribution in [0.3, 0.4) is 0 Å². The molecule has 0 saturated heterocycles. The summed E-state index contributed by atoms with van der Waals surface area (Å²) in [4.78, 5) is 1.38. The van der Waals surface area contributed by atoms with Gasteiger partial charge < -0.3 is 14.8 Å². The van der Waals surface area contributed by atoms with Gasteiger partial charge in [-0.05, 0) is 49.1 Å². The molecular weight excluding hydrogens is 386 g/mol. The normalized spacial score (nSPS) is 10.7. The molecule has 0 amide bonds. The molecule has 138 valence electrons.